The van der Waals surface area contributed by atoms with E-state index in [2.05, 4.69) is 51.7 Å². The van der Waals surface area contributed by atoms with Crippen LogP contribution in [0.5, 0.6) is 5.75 Å². The third kappa shape index (κ3) is 4.75. The number of hydrogen-bond donors (Lipinski definition) is 1. The number of pyridine rings is 1. The van der Waals surface area contributed by atoms with E-state index in [9.17, 15) is 14.3 Å². The number of rotatable bonds is 6. The molecule has 0 aliphatic carbocycles. The topological polar surface area (TPSA) is 74.5 Å². The molecule has 0 radical (unpaired) electrons. The third-order valence-corrected chi connectivity index (χ3v) is 10.3. The van der Waals surface area contributed by atoms with Crippen LogP contribution < -0.4 is 0 Å². The minimum absolute atomic E-state index is 0.0952. The molecule has 3 atom stereocenters. The first-order valence-corrected chi connectivity index (χ1v) is 15.3. The summed E-state index contributed by atoms with van der Waals surface area (Å²) >= 11 is 0. The largest absolute Gasteiger partial charge is 0.505 e. The van der Waals surface area contributed by atoms with Crippen molar-refractivity contribution in [2.24, 2.45) is 0 Å². The Morgan fingerprint density at radius 3 is 2.52 bits per heavy atom. The van der Waals surface area contributed by atoms with Crippen molar-refractivity contribution in [3.63, 3.8) is 0 Å². The maximum Gasteiger partial charge on any atom is 0.257 e. The van der Waals surface area contributed by atoms with Gasteiger partial charge in [0.25, 0.3) is 5.91 Å². The van der Waals surface area contributed by atoms with Gasteiger partial charge in [-0.25, -0.2) is 9.37 Å². The summed E-state index contributed by atoms with van der Waals surface area (Å²) in [5, 5.41) is 10.2. The molecule has 7 rings (SSSR count). The van der Waals surface area contributed by atoms with Crippen LogP contribution in [0.15, 0.2) is 67.0 Å². The normalized spacial score (nSPS) is 23.9. The lowest BCUT2D eigenvalue weighted by molar-refractivity contribution is 0.0604. The molecule has 7 nitrogen and oxygen atoms in total. The van der Waals surface area contributed by atoms with E-state index < -0.39 is 0 Å². The van der Waals surface area contributed by atoms with Crippen molar-refractivity contribution in [1.82, 2.24) is 24.3 Å². The number of aromatic nitrogens is 3. The number of amides is 1. The molecule has 0 saturated carbocycles. The Morgan fingerprint density at radius 1 is 1.02 bits per heavy atom. The van der Waals surface area contributed by atoms with Crippen molar-refractivity contribution in [2.75, 3.05) is 19.6 Å². The molecular weight excluding hydrogens is 529 g/mol. The lowest BCUT2D eigenvalue weighted by atomic mass is 9.70. The Kier molecular flexibility index (Phi) is 6.97. The Hall–Kier alpha value is -3.78. The highest BCUT2D eigenvalue weighted by Crippen LogP contribution is 2.45. The highest BCUT2D eigenvalue weighted by Gasteiger charge is 2.44. The van der Waals surface area contributed by atoms with Gasteiger partial charge in [0.2, 0.25) is 0 Å². The fraction of sp³-hybridized carbons (Fsp3) is 0.441. The van der Waals surface area contributed by atoms with E-state index >= 15 is 0 Å². The van der Waals surface area contributed by atoms with E-state index in [1.54, 1.807) is 12.1 Å². The summed E-state index contributed by atoms with van der Waals surface area (Å²) in [7, 11) is 0. The Morgan fingerprint density at radius 2 is 1.79 bits per heavy atom. The number of benzene rings is 2. The predicted molar refractivity (Wildman–Crippen MR) is 160 cm³/mol. The average Bonchev–Trinajstić information content (AvgIpc) is 3.46. The first-order valence-electron chi connectivity index (χ1n) is 15.3. The predicted octanol–water partition coefficient (Wildman–Crippen LogP) is 6.02. The number of para-hydroxylation sites is 2. The molecule has 42 heavy (non-hydrogen) atoms. The number of aromatic hydroxyl groups is 1. The van der Waals surface area contributed by atoms with Gasteiger partial charge in [-0.1, -0.05) is 24.3 Å². The summed E-state index contributed by atoms with van der Waals surface area (Å²) < 4.78 is 17.0. The van der Waals surface area contributed by atoms with E-state index in [1.165, 1.54) is 36.8 Å². The van der Waals surface area contributed by atoms with Crippen LogP contribution in [0, 0.1) is 12.7 Å². The average molecular weight is 568 g/mol. The zero-order chi connectivity index (χ0) is 28.8. The number of aryl methyl sites for hydroxylation is 1. The monoisotopic (exact) mass is 567 g/mol. The SMILES string of the molecule is Cc1nc2ccccc2n1C1C[C@H]2CC[C@@H](C1)N2CCC1(c2cccc(F)c2)CCN(C(=O)c2ccncc2O)CC1. The van der Waals surface area contributed by atoms with E-state index in [4.69, 9.17) is 4.98 Å². The van der Waals surface area contributed by atoms with Crippen molar-refractivity contribution in [2.45, 2.75) is 75.4 Å². The summed E-state index contributed by atoms with van der Waals surface area (Å²) in [4.78, 5) is 26.5. The number of hydrogen-bond acceptors (Lipinski definition) is 5. The van der Waals surface area contributed by atoms with Crippen molar-refractivity contribution < 1.29 is 14.3 Å². The highest BCUT2D eigenvalue weighted by atomic mass is 19.1. The zero-order valence-corrected chi connectivity index (χ0v) is 24.1. The molecule has 1 amide bonds. The smallest absolute Gasteiger partial charge is 0.257 e. The first-order chi connectivity index (χ1) is 20.4. The molecule has 3 aliphatic heterocycles. The molecule has 8 heteroatoms. The maximum absolute atomic E-state index is 14.5. The maximum atomic E-state index is 14.5. The zero-order valence-electron chi connectivity index (χ0n) is 24.1. The summed E-state index contributed by atoms with van der Waals surface area (Å²) in [5.41, 5.74) is 3.42. The number of imidazole rings is 1. The van der Waals surface area contributed by atoms with Crippen LogP contribution in [-0.4, -0.2) is 67.1 Å². The number of likely N-dealkylation sites (tertiary alicyclic amines) is 1. The molecule has 1 N–H and O–H groups in total. The lowest BCUT2D eigenvalue weighted by Gasteiger charge is -2.45. The van der Waals surface area contributed by atoms with E-state index in [0.29, 0.717) is 31.2 Å². The molecule has 4 aromatic rings. The van der Waals surface area contributed by atoms with Crippen LogP contribution in [0.4, 0.5) is 4.39 Å². The van der Waals surface area contributed by atoms with Gasteiger partial charge < -0.3 is 14.6 Å². The standard InChI is InChI=1S/C34H38FN5O2/c1-23-37-30-7-2-3-8-31(30)40(23)28-20-26-9-10-27(21-28)39(26)18-14-34(24-5-4-6-25(35)19-24)12-16-38(17-13-34)33(42)29-11-15-36-22-32(29)41/h2-8,11,15,19,22,26-28,41H,9-10,12-14,16-18,20-21H2,1H3/t26-,27+,28?. The first kappa shape index (κ1) is 27.1. The second-order valence-corrected chi connectivity index (χ2v) is 12.5. The number of carbonyl (C=O) groups is 1. The molecule has 2 bridgehead atoms. The molecule has 5 heterocycles. The van der Waals surface area contributed by atoms with Gasteiger partial charge in [0.05, 0.1) is 22.8 Å². The van der Waals surface area contributed by atoms with Gasteiger partial charge in [-0.15, -0.1) is 0 Å². The van der Waals surface area contributed by atoms with Crippen LogP contribution >= 0.6 is 0 Å². The van der Waals surface area contributed by atoms with Crippen LogP contribution in [0.1, 0.15) is 72.7 Å². The fourth-order valence-electron chi connectivity index (χ4n) is 8.17. The van der Waals surface area contributed by atoms with Gasteiger partial charge in [0.15, 0.2) is 0 Å². The Bertz CT molecular complexity index is 1600. The molecule has 3 aliphatic rings. The Labute approximate surface area is 246 Å². The number of piperidine rings is 2. The van der Waals surface area contributed by atoms with E-state index in [-0.39, 0.29) is 28.5 Å². The van der Waals surface area contributed by atoms with Gasteiger partial charge in [0.1, 0.15) is 17.4 Å². The number of fused-ring (bicyclic) bond motifs is 3. The van der Waals surface area contributed by atoms with Gasteiger partial charge in [-0.2, -0.15) is 0 Å². The van der Waals surface area contributed by atoms with Crippen molar-refractivity contribution in [3.05, 3.63) is 89.8 Å². The quantitative estimate of drug-likeness (QED) is 0.309. The second kappa shape index (κ2) is 10.8. The van der Waals surface area contributed by atoms with Crippen molar-refractivity contribution in [3.8, 4) is 5.75 Å². The van der Waals surface area contributed by atoms with Gasteiger partial charge in [0, 0.05) is 37.4 Å². The molecular formula is C34H38FN5O2. The van der Waals surface area contributed by atoms with Gasteiger partial charge in [-0.3, -0.25) is 14.7 Å². The molecule has 2 aromatic carbocycles. The van der Waals surface area contributed by atoms with E-state index in [1.807, 2.05) is 11.0 Å². The fourth-order valence-corrected chi connectivity index (χ4v) is 8.17. The summed E-state index contributed by atoms with van der Waals surface area (Å²) in [6, 6.07) is 18.6. The van der Waals surface area contributed by atoms with Crippen molar-refractivity contribution in [1.29, 1.82) is 0 Å². The Balaban J connectivity index is 1.08. The van der Waals surface area contributed by atoms with Crippen LogP contribution in [0.25, 0.3) is 11.0 Å². The van der Waals surface area contributed by atoms with Crippen LogP contribution in [0.3, 0.4) is 0 Å². The van der Waals surface area contributed by atoms with Gasteiger partial charge in [-0.05, 0) is 99.7 Å². The summed E-state index contributed by atoms with van der Waals surface area (Å²) in [6.07, 6.45) is 9.99. The molecule has 1 unspecified atom stereocenters. The molecule has 3 fully saturated rings. The van der Waals surface area contributed by atoms with Gasteiger partial charge >= 0.3 is 0 Å². The summed E-state index contributed by atoms with van der Waals surface area (Å²) in [5.74, 6) is 0.615. The number of halogens is 1. The second-order valence-electron chi connectivity index (χ2n) is 12.5. The number of carbonyl (C=O) groups excluding carboxylic acids is 1. The molecule has 3 saturated heterocycles. The molecule has 0 spiro atoms. The minimum atomic E-state index is -0.212. The minimum Gasteiger partial charge on any atom is -0.505 e. The van der Waals surface area contributed by atoms with E-state index in [0.717, 1.165) is 55.6 Å². The number of nitrogens with zero attached hydrogens (tertiary/aromatic N) is 5. The molecule has 2 aromatic heterocycles. The van der Waals surface area contributed by atoms with Crippen molar-refractivity contribution >= 4 is 16.9 Å². The van der Waals surface area contributed by atoms with Crippen LogP contribution in [-0.2, 0) is 5.41 Å². The third-order valence-electron chi connectivity index (χ3n) is 10.3. The van der Waals surface area contributed by atoms with Crippen LogP contribution in [0.2, 0.25) is 0 Å². The lowest BCUT2D eigenvalue weighted by Crippen LogP contribution is -2.49. The highest BCUT2D eigenvalue weighted by molar-refractivity contribution is 5.96. The molecule has 218 valence electrons. The summed E-state index contributed by atoms with van der Waals surface area (Å²) in [6.45, 7) is 4.24.